The second-order valence-corrected chi connectivity index (χ2v) is 6.64. The van der Waals surface area contributed by atoms with E-state index in [2.05, 4.69) is 10.2 Å². The molecule has 1 aliphatic carbocycles. The molecule has 1 fully saturated rings. The zero-order chi connectivity index (χ0) is 16.7. The molecule has 126 valence electrons. The normalized spacial score (nSPS) is 21.4. The van der Waals surface area contributed by atoms with Crippen LogP contribution in [0.4, 0.5) is 5.82 Å². The summed E-state index contributed by atoms with van der Waals surface area (Å²) in [6.45, 7) is 0.201. The number of aryl methyl sites for hydroxylation is 1. The number of nitrogens with two attached hydrogens (primary N) is 1. The van der Waals surface area contributed by atoms with E-state index >= 15 is 0 Å². The summed E-state index contributed by atoms with van der Waals surface area (Å²) < 4.78 is 3.43. The monoisotopic (exact) mass is 326 g/mol. The van der Waals surface area contributed by atoms with Crippen LogP contribution in [-0.2, 0) is 7.05 Å². The molecule has 0 aliphatic heterocycles. The van der Waals surface area contributed by atoms with Gasteiger partial charge in [0.15, 0.2) is 5.65 Å². The third-order valence-electron chi connectivity index (χ3n) is 5.06. The lowest BCUT2D eigenvalue weighted by atomic mass is 9.78. The molecule has 2 atom stereocenters. The Morgan fingerprint density at radius 1 is 1.25 bits per heavy atom. The predicted molar refractivity (Wildman–Crippen MR) is 91.4 cm³/mol. The summed E-state index contributed by atoms with van der Waals surface area (Å²) in [5.74, 6) is 1.10. The Morgan fingerprint density at radius 2 is 2.08 bits per heavy atom. The van der Waals surface area contributed by atoms with Crippen molar-refractivity contribution in [1.29, 1.82) is 0 Å². The van der Waals surface area contributed by atoms with Crippen molar-refractivity contribution < 1.29 is 5.11 Å². The summed E-state index contributed by atoms with van der Waals surface area (Å²) in [5, 5.41) is 18.3. The Bertz CT molecular complexity index is 867. The molecule has 0 saturated heterocycles. The SMILES string of the molecule is Cn1cc(-c2cnn3c(N)cc([C@H]4CCCC[C@H]4CO)nc23)cn1. The molecule has 3 aromatic rings. The highest BCUT2D eigenvalue weighted by molar-refractivity contribution is 5.77. The molecule has 0 unspecified atom stereocenters. The molecule has 3 heterocycles. The molecular weight excluding hydrogens is 304 g/mol. The number of aromatic nitrogens is 5. The Kier molecular flexibility index (Phi) is 3.72. The van der Waals surface area contributed by atoms with Crippen LogP contribution in [-0.4, -0.2) is 36.1 Å². The number of aliphatic hydroxyl groups is 1. The van der Waals surface area contributed by atoms with Gasteiger partial charge in [-0.05, 0) is 18.8 Å². The predicted octanol–water partition coefficient (Wildman–Crippen LogP) is 1.98. The fraction of sp³-hybridized carbons (Fsp3) is 0.471. The van der Waals surface area contributed by atoms with Crippen LogP contribution >= 0.6 is 0 Å². The van der Waals surface area contributed by atoms with Crippen molar-refractivity contribution in [1.82, 2.24) is 24.4 Å². The van der Waals surface area contributed by atoms with Gasteiger partial charge >= 0.3 is 0 Å². The second kappa shape index (κ2) is 5.90. The van der Waals surface area contributed by atoms with E-state index in [9.17, 15) is 5.11 Å². The van der Waals surface area contributed by atoms with Gasteiger partial charge in [-0.2, -0.15) is 14.7 Å². The van der Waals surface area contributed by atoms with Gasteiger partial charge < -0.3 is 10.8 Å². The summed E-state index contributed by atoms with van der Waals surface area (Å²) in [7, 11) is 1.89. The van der Waals surface area contributed by atoms with Gasteiger partial charge in [-0.25, -0.2) is 4.98 Å². The van der Waals surface area contributed by atoms with Crippen LogP contribution in [0.1, 0.15) is 37.3 Å². The first-order chi connectivity index (χ1) is 11.7. The first kappa shape index (κ1) is 15.1. The maximum Gasteiger partial charge on any atom is 0.165 e. The number of hydrogen-bond acceptors (Lipinski definition) is 5. The van der Waals surface area contributed by atoms with Crippen molar-refractivity contribution in [3.8, 4) is 11.1 Å². The quantitative estimate of drug-likeness (QED) is 0.767. The van der Waals surface area contributed by atoms with Gasteiger partial charge in [0.2, 0.25) is 0 Å². The smallest absolute Gasteiger partial charge is 0.165 e. The number of rotatable bonds is 3. The largest absolute Gasteiger partial charge is 0.396 e. The summed E-state index contributed by atoms with van der Waals surface area (Å²) in [6.07, 6.45) is 9.96. The van der Waals surface area contributed by atoms with E-state index in [1.54, 1.807) is 21.6 Å². The van der Waals surface area contributed by atoms with Gasteiger partial charge in [0, 0.05) is 43.0 Å². The molecule has 1 aliphatic rings. The maximum absolute atomic E-state index is 9.71. The van der Waals surface area contributed by atoms with Crippen LogP contribution in [0.5, 0.6) is 0 Å². The minimum atomic E-state index is 0.201. The molecule has 7 heteroatoms. The first-order valence-corrected chi connectivity index (χ1v) is 8.41. The number of fused-ring (bicyclic) bond motifs is 1. The Labute approximate surface area is 140 Å². The zero-order valence-electron chi connectivity index (χ0n) is 13.8. The lowest BCUT2D eigenvalue weighted by Gasteiger charge is -2.29. The zero-order valence-corrected chi connectivity index (χ0v) is 13.8. The minimum absolute atomic E-state index is 0.201. The topological polar surface area (TPSA) is 94.3 Å². The molecule has 7 nitrogen and oxygen atoms in total. The highest BCUT2D eigenvalue weighted by Crippen LogP contribution is 2.38. The summed E-state index contributed by atoms with van der Waals surface area (Å²) in [6, 6.07) is 1.91. The van der Waals surface area contributed by atoms with E-state index in [1.807, 2.05) is 19.3 Å². The van der Waals surface area contributed by atoms with Crippen molar-refractivity contribution in [3.63, 3.8) is 0 Å². The number of anilines is 1. The van der Waals surface area contributed by atoms with E-state index in [0.717, 1.165) is 35.3 Å². The van der Waals surface area contributed by atoms with Crippen LogP contribution in [0.3, 0.4) is 0 Å². The number of hydrogen-bond donors (Lipinski definition) is 2. The molecule has 3 aromatic heterocycles. The van der Waals surface area contributed by atoms with Gasteiger partial charge in [-0.15, -0.1) is 0 Å². The standard InChI is InChI=1S/C17H22N6O/c1-22-9-12(7-19-22)14-8-20-23-16(18)6-15(21-17(14)23)13-5-3-2-4-11(13)10-24/h6-9,11,13,24H,2-5,10,18H2,1H3/t11-,13-/m0/s1. The first-order valence-electron chi connectivity index (χ1n) is 8.41. The van der Waals surface area contributed by atoms with Crippen molar-refractivity contribution in [2.24, 2.45) is 13.0 Å². The fourth-order valence-electron chi connectivity index (χ4n) is 3.78. The molecule has 3 N–H and O–H groups in total. The van der Waals surface area contributed by atoms with Gasteiger partial charge in [-0.1, -0.05) is 12.8 Å². The summed E-state index contributed by atoms with van der Waals surface area (Å²) in [4.78, 5) is 4.88. The molecule has 24 heavy (non-hydrogen) atoms. The molecule has 0 aromatic carbocycles. The maximum atomic E-state index is 9.71. The molecule has 0 radical (unpaired) electrons. The second-order valence-electron chi connectivity index (χ2n) is 6.64. The molecule has 0 bridgehead atoms. The van der Waals surface area contributed by atoms with E-state index in [1.165, 1.54) is 12.8 Å². The van der Waals surface area contributed by atoms with Gasteiger partial charge in [0.05, 0.1) is 18.1 Å². The minimum Gasteiger partial charge on any atom is -0.396 e. The fourth-order valence-corrected chi connectivity index (χ4v) is 3.78. The molecule has 1 saturated carbocycles. The van der Waals surface area contributed by atoms with Crippen LogP contribution < -0.4 is 5.73 Å². The highest BCUT2D eigenvalue weighted by Gasteiger charge is 2.28. The van der Waals surface area contributed by atoms with Crippen LogP contribution in [0.2, 0.25) is 0 Å². The summed E-state index contributed by atoms with van der Waals surface area (Å²) in [5.41, 5.74) is 9.83. The number of nitrogens with zero attached hydrogens (tertiary/aromatic N) is 5. The molecule has 4 rings (SSSR count). The third kappa shape index (κ3) is 2.45. The van der Waals surface area contributed by atoms with E-state index in [0.29, 0.717) is 5.82 Å². The van der Waals surface area contributed by atoms with E-state index in [-0.39, 0.29) is 18.4 Å². The number of nitrogen functional groups attached to an aromatic ring is 1. The van der Waals surface area contributed by atoms with E-state index < -0.39 is 0 Å². The van der Waals surface area contributed by atoms with Crippen molar-refractivity contribution in [2.75, 3.05) is 12.3 Å². The third-order valence-corrected chi connectivity index (χ3v) is 5.06. The van der Waals surface area contributed by atoms with Gasteiger partial charge in [0.25, 0.3) is 0 Å². The van der Waals surface area contributed by atoms with Crippen molar-refractivity contribution in [2.45, 2.75) is 31.6 Å². The lowest BCUT2D eigenvalue weighted by Crippen LogP contribution is -2.22. The Hall–Kier alpha value is -2.41. The lowest BCUT2D eigenvalue weighted by molar-refractivity contribution is 0.168. The van der Waals surface area contributed by atoms with Gasteiger partial charge in [0.1, 0.15) is 5.82 Å². The Balaban J connectivity index is 1.83. The number of aliphatic hydroxyl groups excluding tert-OH is 1. The molecule has 0 amide bonds. The molecule has 0 spiro atoms. The van der Waals surface area contributed by atoms with Crippen molar-refractivity contribution in [3.05, 3.63) is 30.4 Å². The average molecular weight is 326 g/mol. The molecular formula is C17H22N6O. The Morgan fingerprint density at radius 3 is 2.83 bits per heavy atom. The van der Waals surface area contributed by atoms with E-state index in [4.69, 9.17) is 10.7 Å². The van der Waals surface area contributed by atoms with Crippen molar-refractivity contribution >= 4 is 11.5 Å². The van der Waals surface area contributed by atoms with Crippen LogP contribution in [0.25, 0.3) is 16.8 Å². The average Bonchev–Trinajstić information content (AvgIpc) is 3.21. The van der Waals surface area contributed by atoms with Crippen LogP contribution in [0, 0.1) is 5.92 Å². The van der Waals surface area contributed by atoms with Crippen LogP contribution in [0.15, 0.2) is 24.7 Å². The summed E-state index contributed by atoms with van der Waals surface area (Å²) >= 11 is 0. The highest BCUT2D eigenvalue weighted by atomic mass is 16.3. The van der Waals surface area contributed by atoms with Gasteiger partial charge in [-0.3, -0.25) is 4.68 Å².